The second-order valence-electron chi connectivity index (χ2n) is 5.65. The summed E-state index contributed by atoms with van der Waals surface area (Å²) in [6.45, 7) is 1.48. The average molecular weight is 278 g/mol. The first-order valence-corrected chi connectivity index (χ1v) is 7.72. The molecule has 1 aliphatic carbocycles. The zero-order valence-corrected chi connectivity index (χ0v) is 12.4. The maximum atomic E-state index is 12.3. The number of anilines is 1. The van der Waals surface area contributed by atoms with Gasteiger partial charge < -0.3 is 15.2 Å². The Morgan fingerprint density at radius 2 is 2.05 bits per heavy atom. The number of hydrogen-bond donors (Lipinski definition) is 1. The van der Waals surface area contributed by atoms with E-state index in [0.717, 1.165) is 25.8 Å². The maximum Gasteiger partial charge on any atom is 0.293 e. The van der Waals surface area contributed by atoms with E-state index in [4.69, 9.17) is 5.73 Å². The highest BCUT2D eigenvalue weighted by molar-refractivity contribution is 5.37. The van der Waals surface area contributed by atoms with Crippen molar-refractivity contribution in [1.82, 2.24) is 9.55 Å². The number of nitrogens with zero attached hydrogens (tertiary/aromatic N) is 3. The number of aromatic nitrogens is 2. The van der Waals surface area contributed by atoms with Crippen LogP contribution in [0.3, 0.4) is 0 Å². The Kier molecular flexibility index (Phi) is 5.59. The van der Waals surface area contributed by atoms with E-state index in [1.165, 1.54) is 25.7 Å². The lowest BCUT2D eigenvalue weighted by Gasteiger charge is -2.31. The van der Waals surface area contributed by atoms with E-state index in [9.17, 15) is 4.79 Å². The molecule has 5 heteroatoms. The molecule has 1 aromatic heterocycles. The summed E-state index contributed by atoms with van der Waals surface area (Å²) < 4.78 is 1.61. The van der Waals surface area contributed by atoms with E-state index in [2.05, 4.69) is 9.88 Å². The molecule has 112 valence electrons. The zero-order chi connectivity index (χ0) is 14.4. The zero-order valence-electron chi connectivity index (χ0n) is 12.4. The standard InChI is InChI=1S/C15H26N4O/c1-18-12-10-17-14(15(18)20)19(11-6-9-16)13-7-4-2-3-5-8-13/h10,12-13H,2-9,11,16H2,1H3. The molecule has 1 fully saturated rings. The third-order valence-electron chi connectivity index (χ3n) is 4.14. The second kappa shape index (κ2) is 7.43. The molecule has 2 N–H and O–H groups in total. The molecule has 0 saturated heterocycles. The highest BCUT2D eigenvalue weighted by atomic mass is 16.1. The van der Waals surface area contributed by atoms with Crippen molar-refractivity contribution in [2.75, 3.05) is 18.0 Å². The van der Waals surface area contributed by atoms with Gasteiger partial charge in [-0.3, -0.25) is 4.79 Å². The van der Waals surface area contributed by atoms with Crippen molar-refractivity contribution in [2.24, 2.45) is 12.8 Å². The van der Waals surface area contributed by atoms with Crippen LogP contribution in [0.1, 0.15) is 44.9 Å². The molecule has 1 aliphatic rings. The van der Waals surface area contributed by atoms with Crippen LogP contribution in [-0.4, -0.2) is 28.7 Å². The summed E-state index contributed by atoms with van der Waals surface area (Å²) in [5, 5.41) is 0. The highest BCUT2D eigenvalue weighted by Crippen LogP contribution is 2.24. The number of rotatable bonds is 5. The lowest BCUT2D eigenvalue weighted by molar-refractivity contribution is 0.511. The average Bonchev–Trinajstić information content (AvgIpc) is 2.73. The molecule has 1 aromatic rings. The molecule has 1 heterocycles. The van der Waals surface area contributed by atoms with Gasteiger partial charge in [0, 0.05) is 32.0 Å². The first-order chi connectivity index (χ1) is 9.74. The Hall–Kier alpha value is -1.36. The molecule has 0 amide bonds. The minimum absolute atomic E-state index is 0.00577. The SMILES string of the molecule is Cn1ccnc(N(CCCN)C2CCCCCC2)c1=O. The fourth-order valence-electron chi connectivity index (χ4n) is 2.97. The van der Waals surface area contributed by atoms with Crippen molar-refractivity contribution in [3.63, 3.8) is 0 Å². The van der Waals surface area contributed by atoms with Gasteiger partial charge in [-0.05, 0) is 25.8 Å². The second-order valence-corrected chi connectivity index (χ2v) is 5.65. The van der Waals surface area contributed by atoms with Crippen LogP contribution in [0.4, 0.5) is 5.82 Å². The van der Waals surface area contributed by atoms with Crippen LogP contribution in [0, 0.1) is 0 Å². The van der Waals surface area contributed by atoms with Crippen LogP contribution in [0.5, 0.6) is 0 Å². The van der Waals surface area contributed by atoms with Gasteiger partial charge in [-0.1, -0.05) is 25.7 Å². The van der Waals surface area contributed by atoms with Gasteiger partial charge in [-0.25, -0.2) is 4.98 Å². The Morgan fingerprint density at radius 1 is 1.35 bits per heavy atom. The van der Waals surface area contributed by atoms with Gasteiger partial charge in [0.2, 0.25) is 0 Å². The monoisotopic (exact) mass is 278 g/mol. The van der Waals surface area contributed by atoms with Gasteiger partial charge in [0.05, 0.1) is 0 Å². The van der Waals surface area contributed by atoms with Crippen LogP contribution in [0.2, 0.25) is 0 Å². The van der Waals surface area contributed by atoms with Crippen molar-refractivity contribution in [3.05, 3.63) is 22.7 Å². The largest absolute Gasteiger partial charge is 0.349 e. The van der Waals surface area contributed by atoms with Crippen molar-refractivity contribution in [3.8, 4) is 0 Å². The predicted molar refractivity (Wildman–Crippen MR) is 82.0 cm³/mol. The first kappa shape index (κ1) is 15.0. The Labute approximate surface area is 120 Å². The normalized spacial score (nSPS) is 16.9. The van der Waals surface area contributed by atoms with Gasteiger partial charge in [-0.2, -0.15) is 0 Å². The minimum atomic E-state index is -0.00577. The van der Waals surface area contributed by atoms with Gasteiger partial charge in [-0.15, -0.1) is 0 Å². The molecule has 0 atom stereocenters. The topological polar surface area (TPSA) is 64.2 Å². The maximum absolute atomic E-state index is 12.3. The number of aryl methyl sites for hydroxylation is 1. The van der Waals surface area contributed by atoms with E-state index < -0.39 is 0 Å². The summed E-state index contributed by atoms with van der Waals surface area (Å²) in [4.78, 5) is 18.9. The van der Waals surface area contributed by atoms with E-state index in [-0.39, 0.29) is 5.56 Å². The lowest BCUT2D eigenvalue weighted by atomic mass is 10.1. The molecule has 5 nitrogen and oxygen atoms in total. The highest BCUT2D eigenvalue weighted by Gasteiger charge is 2.23. The van der Waals surface area contributed by atoms with Gasteiger partial charge >= 0.3 is 0 Å². The molecular weight excluding hydrogens is 252 g/mol. The summed E-state index contributed by atoms with van der Waals surface area (Å²) in [7, 11) is 1.78. The van der Waals surface area contributed by atoms with Crippen LogP contribution in [-0.2, 0) is 7.05 Å². The third-order valence-corrected chi connectivity index (χ3v) is 4.14. The van der Waals surface area contributed by atoms with E-state index in [1.54, 1.807) is 24.0 Å². The molecule has 0 spiro atoms. The van der Waals surface area contributed by atoms with Crippen molar-refractivity contribution in [2.45, 2.75) is 51.0 Å². The Balaban J connectivity index is 2.25. The summed E-state index contributed by atoms with van der Waals surface area (Å²) in [5.74, 6) is 0.593. The van der Waals surface area contributed by atoms with E-state index >= 15 is 0 Å². The fraction of sp³-hybridized carbons (Fsp3) is 0.733. The van der Waals surface area contributed by atoms with Crippen molar-refractivity contribution in [1.29, 1.82) is 0 Å². The van der Waals surface area contributed by atoms with Gasteiger partial charge in [0.1, 0.15) is 0 Å². The summed E-state index contributed by atoms with van der Waals surface area (Å²) in [6.07, 6.45) is 11.7. The third kappa shape index (κ3) is 3.60. The van der Waals surface area contributed by atoms with Crippen LogP contribution >= 0.6 is 0 Å². The molecular formula is C15H26N4O. The quantitative estimate of drug-likeness (QED) is 0.832. The minimum Gasteiger partial charge on any atom is -0.349 e. The summed E-state index contributed by atoms with van der Waals surface area (Å²) in [5.41, 5.74) is 5.65. The van der Waals surface area contributed by atoms with Crippen LogP contribution < -0.4 is 16.2 Å². The number of hydrogen-bond acceptors (Lipinski definition) is 4. The van der Waals surface area contributed by atoms with Gasteiger partial charge in [0.25, 0.3) is 5.56 Å². The summed E-state index contributed by atoms with van der Waals surface area (Å²) in [6, 6.07) is 0.437. The van der Waals surface area contributed by atoms with Crippen LogP contribution in [0.15, 0.2) is 17.2 Å². The molecule has 0 unspecified atom stereocenters. The Morgan fingerprint density at radius 3 is 2.70 bits per heavy atom. The molecule has 1 saturated carbocycles. The van der Waals surface area contributed by atoms with E-state index in [1.807, 2.05) is 0 Å². The van der Waals surface area contributed by atoms with Crippen LogP contribution in [0.25, 0.3) is 0 Å². The molecule has 0 aliphatic heterocycles. The van der Waals surface area contributed by atoms with Crippen molar-refractivity contribution < 1.29 is 0 Å². The molecule has 0 radical (unpaired) electrons. The smallest absolute Gasteiger partial charge is 0.293 e. The Bertz CT molecular complexity index is 463. The fourth-order valence-corrected chi connectivity index (χ4v) is 2.97. The predicted octanol–water partition coefficient (Wildman–Crippen LogP) is 1.66. The molecule has 2 rings (SSSR count). The van der Waals surface area contributed by atoms with Crippen molar-refractivity contribution >= 4 is 5.82 Å². The van der Waals surface area contributed by atoms with E-state index in [0.29, 0.717) is 18.4 Å². The first-order valence-electron chi connectivity index (χ1n) is 7.72. The molecule has 0 bridgehead atoms. The molecule has 20 heavy (non-hydrogen) atoms. The summed E-state index contributed by atoms with van der Waals surface area (Å²) >= 11 is 0. The molecule has 0 aromatic carbocycles. The van der Waals surface area contributed by atoms with Gasteiger partial charge in [0.15, 0.2) is 5.82 Å². The number of nitrogens with two attached hydrogens (primary N) is 1. The lowest BCUT2D eigenvalue weighted by Crippen LogP contribution is -2.41.